The summed E-state index contributed by atoms with van der Waals surface area (Å²) < 4.78 is 18.7. The van der Waals surface area contributed by atoms with E-state index in [-0.39, 0.29) is 18.0 Å². The van der Waals surface area contributed by atoms with E-state index < -0.39 is 0 Å². The van der Waals surface area contributed by atoms with Crippen LogP contribution in [-0.4, -0.2) is 11.9 Å². The van der Waals surface area contributed by atoms with Crippen LogP contribution < -0.4 is 10.5 Å². The van der Waals surface area contributed by atoms with Crippen LogP contribution in [0.2, 0.25) is 0 Å². The van der Waals surface area contributed by atoms with Gasteiger partial charge in [0, 0.05) is 16.7 Å². The zero-order valence-electron chi connectivity index (χ0n) is 12.3. The summed E-state index contributed by atoms with van der Waals surface area (Å²) in [6, 6.07) is 14.3. The number of rotatable bonds is 6. The number of hydrogen-bond acceptors (Lipinski definition) is 3. The molecule has 1 atom stereocenters. The maximum atomic E-state index is 13.1. The lowest BCUT2D eigenvalue weighted by Gasteiger charge is -2.14. The van der Waals surface area contributed by atoms with Crippen molar-refractivity contribution >= 4 is 11.8 Å². The second kappa shape index (κ2) is 7.48. The summed E-state index contributed by atoms with van der Waals surface area (Å²) in [7, 11) is 0. The molecule has 0 aromatic heterocycles. The second-order valence-electron chi connectivity index (χ2n) is 5.11. The van der Waals surface area contributed by atoms with E-state index in [1.807, 2.05) is 44.2 Å². The fourth-order valence-corrected chi connectivity index (χ4v) is 2.84. The van der Waals surface area contributed by atoms with Gasteiger partial charge in [-0.1, -0.05) is 18.2 Å². The number of nitrogens with two attached hydrogens (primary N) is 1. The average Bonchev–Trinajstić information content (AvgIpc) is 2.45. The molecule has 0 aliphatic rings. The van der Waals surface area contributed by atoms with Gasteiger partial charge in [0.2, 0.25) is 0 Å². The highest BCUT2D eigenvalue weighted by Crippen LogP contribution is 2.25. The van der Waals surface area contributed by atoms with Gasteiger partial charge in [0.15, 0.2) is 0 Å². The van der Waals surface area contributed by atoms with E-state index in [2.05, 4.69) is 0 Å². The van der Waals surface area contributed by atoms with Crippen LogP contribution in [0.3, 0.4) is 0 Å². The van der Waals surface area contributed by atoms with Gasteiger partial charge in [-0.3, -0.25) is 0 Å². The fourth-order valence-electron chi connectivity index (χ4n) is 1.90. The van der Waals surface area contributed by atoms with E-state index in [9.17, 15) is 4.39 Å². The number of benzene rings is 2. The van der Waals surface area contributed by atoms with Gasteiger partial charge in [-0.2, -0.15) is 0 Å². The Morgan fingerprint density at radius 1 is 1.14 bits per heavy atom. The molecule has 112 valence electrons. The number of thioether (sulfide) groups is 1. The van der Waals surface area contributed by atoms with Crippen molar-refractivity contribution in [3.63, 3.8) is 0 Å². The molecule has 0 spiro atoms. The minimum atomic E-state index is -0.219. The highest BCUT2D eigenvalue weighted by Gasteiger charge is 2.08. The van der Waals surface area contributed by atoms with Gasteiger partial charge >= 0.3 is 0 Å². The average molecular weight is 305 g/mol. The quantitative estimate of drug-likeness (QED) is 0.803. The van der Waals surface area contributed by atoms with Crippen LogP contribution in [0, 0.1) is 5.82 Å². The lowest BCUT2D eigenvalue weighted by Crippen LogP contribution is -2.13. The molecule has 0 aliphatic heterocycles. The van der Waals surface area contributed by atoms with E-state index >= 15 is 0 Å². The first-order chi connectivity index (χ1) is 10.0. The molecule has 1 unspecified atom stereocenters. The van der Waals surface area contributed by atoms with Gasteiger partial charge in [-0.05, 0) is 49.7 Å². The maximum absolute atomic E-state index is 13.1. The molecule has 0 heterocycles. The molecule has 2 N–H and O–H groups in total. The van der Waals surface area contributed by atoms with Gasteiger partial charge in [0.25, 0.3) is 0 Å². The molecular formula is C17H20FNOS. The van der Waals surface area contributed by atoms with E-state index in [0.717, 1.165) is 16.2 Å². The predicted molar refractivity (Wildman–Crippen MR) is 86.3 cm³/mol. The Balaban J connectivity index is 1.92. The van der Waals surface area contributed by atoms with Crippen LogP contribution >= 0.6 is 11.8 Å². The van der Waals surface area contributed by atoms with Crippen LogP contribution in [0.25, 0.3) is 0 Å². The van der Waals surface area contributed by atoms with Crippen LogP contribution in [0.4, 0.5) is 4.39 Å². The van der Waals surface area contributed by atoms with Crippen LogP contribution in [0.5, 0.6) is 5.75 Å². The van der Waals surface area contributed by atoms with Gasteiger partial charge in [-0.25, -0.2) is 4.39 Å². The molecule has 0 bridgehead atoms. The molecule has 21 heavy (non-hydrogen) atoms. The third-order valence-electron chi connectivity index (χ3n) is 2.91. The summed E-state index contributed by atoms with van der Waals surface area (Å²) in [6.07, 6.45) is 0.160. The molecule has 4 heteroatoms. The summed E-state index contributed by atoms with van der Waals surface area (Å²) in [5, 5.41) is 0. The molecule has 0 aliphatic carbocycles. The molecule has 0 saturated carbocycles. The first-order valence-corrected chi connectivity index (χ1v) is 7.93. The molecule has 0 fully saturated rings. The predicted octanol–water partition coefficient (Wildman–Crippen LogP) is 4.41. The van der Waals surface area contributed by atoms with Gasteiger partial charge in [-0.15, -0.1) is 11.8 Å². The monoisotopic (exact) mass is 305 g/mol. The Morgan fingerprint density at radius 2 is 1.86 bits per heavy atom. The van der Waals surface area contributed by atoms with Crippen molar-refractivity contribution in [3.8, 4) is 5.75 Å². The normalized spacial score (nSPS) is 12.4. The highest BCUT2D eigenvalue weighted by molar-refractivity contribution is 7.99. The summed E-state index contributed by atoms with van der Waals surface area (Å²) in [5.41, 5.74) is 7.23. The molecule has 2 aromatic rings. The Morgan fingerprint density at radius 3 is 2.48 bits per heavy atom. The van der Waals surface area contributed by atoms with Crippen molar-refractivity contribution in [1.29, 1.82) is 0 Å². The van der Waals surface area contributed by atoms with Crippen molar-refractivity contribution in [2.45, 2.75) is 30.9 Å². The standard InChI is InChI=1S/C17H20FNOS/c1-12(2)20-15-8-6-13(7-9-15)17(19)11-21-16-5-3-4-14(18)10-16/h3-10,12,17H,11,19H2,1-2H3. The largest absolute Gasteiger partial charge is 0.491 e. The molecular weight excluding hydrogens is 285 g/mol. The molecule has 2 nitrogen and oxygen atoms in total. The summed E-state index contributed by atoms with van der Waals surface area (Å²) in [5.74, 6) is 1.33. The van der Waals surface area contributed by atoms with E-state index in [4.69, 9.17) is 10.5 Å². The number of halogens is 1. The van der Waals surface area contributed by atoms with Gasteiger partial charge in [0.05, 0.1) is 6.10 Å². The Kier molecular flexibility index (Phi) is 5.65. The van der Waals surface area contributed by atoms with Crippen LogP contribution in [-0.2, 0) is 0 Å². The summed E-state index contributed by atoms with van der Waals surface area (Å²) >= 11 is 1.56. The lowest BCUT2D eigenvalue weighted by atomic mass is 10.1. The van der Waals surface area contributed by atoms with Crippen LogP contribution in [0.1, 0.15) is 25.5 Å². The first kappa shape index (κ1) is 15.9. The van der Waals surface area contributed by atoms with Crippen molar-refractivity contribution < 1.29 is 9.13 Å². The van der Waals surface area contributed by atoms with Gasteiger partial charge in [0.1, 0.15) is 11.6 Å². The SMILES string of the molecule is CC(C)Oc1ccc(C(N)CSc2cccc(F)c2)cc1. The molecule has 2 rings (SSSR count). The molecule has 0 amide bonds. The van der Waals surface area contributed by atoms with Crippen LogP contribution in [0.15, 0.2) is 53.4 Å². The summed E-state index contributed by atoms with van der Waals surface area (Å²) in [6.45, 7) is 3.99. The summed E-state index contributed by atoms with van der Waals surface area (Å²) in [4.78, 5) is 0.894. The van der Waals surface area contributed by atoms with Gasteiger partial charge < -0.3 is 10.5 Å². The minimum absolute atomic E-state index is 0.0913. The number of hydrogen-bond donors (Lipinski definition) is 1. The smallest absolute Gasteiger partial charge is 0.124 e. The van der Waals surface area contributed by atoms with E-state index in [0.29, 0.717) is 5.75 Å². The first-order valence-electron chi connectivity index (χ1n) is 6.95. The molecule has 2 aromatic carbocycles. The zero-order chi connectivity index (χ0) is 15.2. The number of ether oxygens (including phenoxy) is 1. The second-order valence-corrected chi connectivity index (χ2v) is 6.20. The molecule has 0 radical (unpaired) electrons. The third-order valence-corrected chi connectivity index (χ3v) is 4.02. The topological polar surface area (TPSA) is 35.2 Å². The zero-order valence-corrected chi connectivity index (χ0v) is 13.1. The van der Waals surface area contributed by atoms with Crippen molar-refractivity contribution in [2.24, 2.45) is 5.73 Å². The lowest BCUT2D eigenvalue weighted by molar-refractivity contribution is 0.242. The Bertz CT molecular complexity index is 571. The van der Waals surface area contributed by atoms with E-state index in [1.54, 1.807) is 17.8 Å². The maximum Gasteiger partial charge on any atom is 0.124 e. The minimum Gasteiger partial charge on any atom is -0.491 e. The van der Waals surface area contributed by atoms with Crippen molar-refractivity contribution in [1.82, 2.24) is 0 Å². The Hall–Kier alpha value is -1.52. The Labute approximate surface area is 129 Å². The third kappa shape index (κ3) is 5.06. The van der Waals surface area contributed by atoms with Crippen molar-refractivity contribution in [3.05, 3.63) is 59.9 Å². The molecule has 0 saturated heterocycles. The fraction of sp³-hybridized carbons (Fsp3) is 0.294. The van der Waals surface area contributed by atoms with E-state index in [1.165, 1.54) is 12.1 Å². The highest BCUT2D eigenvalue weighted by atomic mass is 32.2. The van der Waals surface area contributed by atoms with Crippen molar-refractivity contribution in [2.75, 3.05) is 5.75 Å².